The Bertz CT molecular complexity index is 696. The monoisotopic (exact) mass is 320 g/mol. The van der Waals surface area contributed by atoms with E-state index in [2.05, 4.69) is 0 Å². The summed E-state index contributed by atoms with van der Waals surface area (Å²) in [5.41, 5.74) is 1.93. The Morgan fingerprint density at radius 3 is 2.45 bits per heavy atom. The maximum Gasteiger partial charge on any atom is 0.341 e. The minimum Gasteiger partial charge on any atom is -0.504 e. The summed E-state index contributed by atoms with van der Waals surface area (Å²) in [5, 5.41) is 19.6. The zero-order valence-electron chi connectivity index (χ0n) is 12.4. The molecule has 5 heteroatoms. The molecule has 0 bridgehead atoms. The highest BCUT2D eigenvalue weighted by Crippen LogP contribution is 2.42. The van der Waals surface area contributed by atoms with Gasteiger partial charge in [0.25, 0.3) is 0 Å². The smallest absolute Gasteiger partial charge is 0.341 e. The molecule has 0 aliphatic heterocycles. The van der Waals surface area contributed by atoms with Crippen LogP contribution in [0.25, 0.3) is 0 Å². The predicted octanol–water partition coefficient (Wildman–Crippen LogP) is 4.19. The standard InChI is InChI=1S/C17H17ClO4/c1-3-12-10(2)14(18)13(17(20)21)15(19)16(12)22-9-11-7-5-4-6-8-11/h4-8,19H,3,9H2,1-2H3,(H,20,21). The number of carboxylic acid groups (broad SMARTS) is 1. The SMILES string of the molecule is CCc1c(C)c(Cl)c(C(=O)O)c(O)c1OCc1ccccc1. The summed E-state index contributed by atoms with van der Waals surface area (Å²) in [4.78, 5) is 11.3. The molecule has 2 aromatic rings. The van der Waals surface area contributed by atoms with Crippen molar-refractivity contribution in [3.8, 4) is 11.5 Å². The Morgan fingerprint density at radius 2 is 1.91 bits per heavy atom. The Morgan fingerprint density at radius 1 is 1.27 bits per heavy atom. The van der Waals surface area contributed by atoms with E-state index in [-0.39, 0.29) is 22.9 Å². The van der Waals surface area contributed by atoms with E-state index in [9.17, 15) is 15.0 Å². The number of aromatic hydroxyl groups is 1. The number of phenols is 1. The number of carbonyl (C=O) groups is 1. The minimum absolute atomic E-state index is 0.0499. The van der Waals surface area contributed by atoms with E-state index in [0.717, 1.165) is 5.56 Å². The van der Waals surface area contributed by atoms with Crippen molar-refractivity contribution in [1.29, 1.82) is 0 Å². The van der Waals surface area contributed by atoms with E-state index in [1.807, 2.05) is 37.3 Å². The Balaban J connectivity index is 2.47. The van der Waals surface area contributed by atoms with Crippen molar-refractivity contribution >= 4 is 17.6 Å². The van der Waals surface area contributed by atoms with Gasteiger partial charge in [-0.05, 0) is 24.5 Å². The second kappa shape index (κ2) is 6.71. The Labute approximate surface area is 133 Å². The van der Waals surface area contributed by atoms with E-state index >= 15 is 0 Å². The molecule has 0 amide bonds. The lowest BCUT2D eigenvalue weighted by Gasteiger charge is -2.18. The summed E-state index contributed by atoms with van der Waals surface area (Å²) < 4.78 is 5.70. The zero-order chi connectivity index (χ0) is 16.3. The van der Waals surface area contributed by atoms with Gasteiger partial charge in [-0.15, -0.1) is 0 Å². The number of ether oxygens (including phenoxy) is 1. The Hall–Kier alpha value is -2.20. The molecule has 0 atom stereocenters. The molecule has 0 aliphatic carbocycles. The molecule has 0 saturated heterocycles. The van der Waals surface area contributed by atoms with Gasteiger partial charge in [-0.1, -0.05) is 48.9 Å². The molecule has 2 rings (SSSR count). The second-order valence-electron chi connectivity index (χ2n) is 4.90. The quantitative estimate of drug-likeness (QED) is 0.866. The summed E-state index contributed by atoms with van der Waals surface area (Å²) in [6, 6.07) is 9.45. The van der Waals surface area contributed by atoms with Crippen molar-refractivity contribution in [2.45, 2.75) is 26.9 Å². The third kappa shape index (κ3) is 3.02. The van der Waals surface area contributed by atoms with Crippen LogP contribution in [0.1, 0.15) is 34.0 Å². The van der Waals surface area contributed by atoms with E-state index < -0.39 is 11.7 Å². The summed E-state index contributed by atoms with van der Waals surface area (Å²) in [6.07, 6.45) is 0.573. The number of rotatable bonds is 5. The average molecular weight is 321 g/mol. The molecule has 0 unspecified atom stereocenters. The first-order chi connectivity index (χ1) is 10.5. The third-order valence-electron chi connectivity index (χ3n) is 3.52. The molecule has 2 aromatic carbocycles. The van der Waals surface area contributed by atoms with Gasteiger partial charge in [0.05, 0.1) is 5.02 Å². The van der Waals surface area contributed by atoms with Crippen molar-refractivity contribution in [1.82, 2.24) is 0 Å². The molecule has 0 fully saturated rings. The fourth-order valence-corrected chi connectivity index (χ4v) is 2.64. The van der Waals surface area contributed by atoms with Crippen molar-refractivity contribution in [2.75, 3.05) is 0 Å². The van der Waals surface area contributed by atoms with Gasteiger partial charge < -0.3 is 14.9 Å². The van der Waals surface area contributed by atoms with Crippen molar-refractivity contribution in [3.63, 3.8) is 0 Å². The van der Waals surface area contributed by atoms with Gasteiger partial charge in [0.2, 0.25) is 0 Å². The maximum atomic E-state index is 11.3. The summed E-state index contributed by atoms with van der Waals surface area (Å²) in [7, 11) is 0. The number of aromatic carboxylic acids is 1. The number of benzene rings is 2. The van der Waals surface area contributed by atoms with Crippen LogP contribution in [-0.4, -0.2) is 16.2 Å². The highest BCUT2D eigenvalue weighted by Gasteiger charge is 2.25. The van der Waals surface area contributed by atoms with Crippen LogP contribution >= 0.6 is 11.6 Å². The molecule has 0 aromatic heterocycles. The topological polar surface area (TPSA) is 66.8 Å². The van der Waals surface area contributed by atoms with Crippen LogP contribution in [0.15, 0.2) is 30.3 Å². The van der Waals surface area contributed by atoms with Gasteiger partial charge in [0.15, 0.2) is 11.5 Å². The molecule has 4 nitrogen and oxygen atoms in total. The van der Waals surface area contributed by atoms with Crippen LogP contribution in [0.5, 0.6) is 11.5 Å². The van der Waals surface area contributed by atoms with E-state index in [0.29, 0.717) is 17.5 Å². The highest BCUT2D eigenvalue weighted by atomic mass is 35.5. The third-order valence-corrected chi connectivity index (χ3v) is 3.99. The zero-order valence-corrected chi connectivity index (χ0v) is 13.1. The molecule has 0 heterocycles. The molecular formula is C17H17ClO4. The molecule has 0 saturated carbocycles. The fraction of sp³-hybridized carbons (Fsp3) is 0.235. The van der Waals surface area contributed by atoms with Gasteiger partial charge in [-0.3, -0.25) is 0 Å². The highest BCUT2D eigenvalue weighted by molar-refractivity contribution is 6.35. The maximum absolute atomic E-state index is 11.3. The van der Waals surface area contributed by atoms with Crippen LogP contribution in [0, 0.1) is 6.92 Å². The lowest BCUT2D eigenvalue weighted by Crippen LogP contribution is -2.06. The first-order valence-corrected chi connectivity index (χ1v) is 7.29. The van der Waals surface area contributed by atoms with Crippen LogP contribution in [0.4, 0.5) is 0 Å². The molecule has 0 spiro atoms. The summed E-state index contributed by atoms with van der Waals surface area (Å²) in [6.45, 7) is 3.86. The molecule has 2 N–H and O–H groups in total. The molecule has 116 valence electrons. The van der Waals surface area contributed by atoms with Gasteiger partial charge in [-0.25, -0.2) is 4.79 Å². The molecule has 0 aliphatic rings. The van der Waals surface area contributed by atoms with Crippen LogP contribution in [0.2, 0.25) is 5.02 Å². The minimum atomic E-state index is -1.28. The van der Waals surface area contributed by atoms with E-state index in [1.165, 1.54) is 0 Å². The first kappa shape index (κ1) is 16.2. The van der Waals surface area contributed by atoms with Gasteiger partial charge in [0.1, 0.15) is 12.2 Å². The van der Waals surface area contributed by atoms with Crippen molar-refractivity contribution < 1.29 is 19.7 Å². The number of hydrogen-bond donors (Lipinski definition) is 2. The predicted molar refractivity (Wildman–Crippen MR) is 85.0 cm³/mol. The van der Waals surface area contributed by atoms with Crippen LogP contribution in [0.3, 0.4) is 0 Å². The van der Waals surface area contributed by atoms with Crippen LogP contribution < -0.4 is 4.74 Å². The summed E-state index contributed by atoms with van der Waals surface area (Å²) in [5.74, 6) is -1.51. The number of halogens is 1. The second-order valence-corrected chi connectivity index (χ2v) is 5.28. The van der Waals surface area contributed by atoms with Gasteiger partial charge in [0, 0.05) is 5.56 Å². The average Bonchev–Trinajstić information content (AvgIpc) is 2.50. The lowest BCUT2D eigenvalue weighted by molar-refractivity contribution is 0.0692. The largest absolute Gasteiger partial charge is 0.504 e. The van der Waals surface area contributed by atoms with Crippen molar-refractivity contribution in [3.05, 3.63) is 57.6 Å². The number of hydrogen-bond acceptors (Lipinski definition) is 3. The Kier molecular flexibility index (Phi) is 4.93. The normalized spacial score (nSPS) is 10.5. The first-order valence-electron chi connectivity index (χ1n) is 6.91. The lowest BCUT2D eigenvalue weighted by atomic mass is 10.00. The van der Waals surface area contributed by atoms with Crippen LogP contribution in [-0.2, 0) is 13.0 Å². The molecular weight excluding hydrogens is 304 g/mol. The van der Waals surface area contributed by atoms with Gasteiger partial charge in [-0.2, -0.15) is 0 Å². The molecule has 0 radical (unpaired) electrons. The molecule has 22 heavy (non-hydrogen) atoms. The number of carboxylic acids is 1. The van der Waals surface area contributed by atoms with E-state index in [4.69, 9.17) is 16.3 Å². The van der Waals surface area contributed by atoms with Crippen molar-refractivity contribution in [2.24, 2.45) is 0 Å². The van der Waals surface area contributed by atoms with Gasteiger partial charge >= 0.3 is 5.97 Å². The fourth-order valence-electron chi connectivity index (χ4n) is 2.36. The summed E-state index contributed by atoms with van der Waals surface area (Å²) >= 11 is 6.07. The van der Waals surface area contributed by atoms with E-state index in [1.54, 1.807) is 6.92 Å².